The molecule has 4 rings (SSSR count). The van der Waals surface area contributed by atoms with Crippen LogP contribution in [-0.2, 0) is 11.2 Å². The van der Waals surface area contributed by atoms with Crippen molar-refractivity contribution in [2.24, 2.45) is 0 Å². The largest absolute Gasteiger partial charge is 0.464 e. The van der Waals surface area contributed by atoms with Crippen LogP contribution in [0.2, 0.25) is 0 Å². The maximum absolute atomic E-state index is 11.7. The van der Waals surface area contributed by atoms with Crippen LogP contribution in [0.3, 0.4) is 0 Å². The van der Waals surface area contributed by atoms with Gasteiger partial charge in [0.15, 0.2) is 0 Å². The van der Waals surface area contributed by atoms with Gasteiger partial charge < -0.3 is 9.72 Å². The van der Waals surface area contributed by atoms with Crippen molar-refractivity contribution in [1.29, 1.82) is 0 Å². The summed E-state index contributed by atoms with van der Waals surface area (Å²) < 4.78 is 4.79. The van der Waals surface area contributed by atoms with Gasteiger partial charge in [-0.15, -0.1) is 0 Å². The Morgan fingerprint density at radius 2 is 1.91 bits per heavy atom. The van der Waals surface area contributed by atoms with E-state index < -0.39 is 0 Å². The van der Waals surface area contributed by atoms with Crippen molar-refractivity contribution in [3.05, 3.63) is 71.0 Å². The van der Waals surface area contributed by atoms with Crippen molar-refractivity contribution in [3.63, 3.8) is 0 Å². The highest BCUT2D eigenvalue weighted by Gasteiger charge is 2.21. The summed E-state index contributed by atoms with van der Waals surface area (Å²) in [6.45, 7) is 0. The molecule has 0 amide bonds. The van der Waals surface area contributed by atoms with Gasteiger partial charge in [0.1, 0.15) is 5.69 Å². The molecule has 0 spiro atoms. The van der Waals surface area contributed by atoms with Crippen molar-refractivity contribution in [3.8, 4) is 0 Å². The summed E-state index contributed by atoms with van der Waals surface area (Å²) in [6, 6.07) is 16.8. The fraction of sp³-hybridized carbons (Fsp3) is 0.150. The highest BCUT2D eigenvalue weighted by atomic mass is 16.5. The molecule has 0 saturated heterocycles. The highest BCUT2D eigenvalue weighted by molar-refractivity contribution is 5.93. The summed E-state index contributed by atoms with van der Waals surface area (Å²) in [5.74, 6) is -0.315. The van der Waals surface area contributed by atoms with Gasteiger partial charge in [0.25, 0.3) is 0 Å². The number of benzene rings is 2. The zero-order valence-corrected chi connectivity index (χ0v) is 12.9. The molecule has 114 valence electrons. The third-order valence-electron chi connectivity index (χ3n) is 4.41. The number of hydrogen-bond acceptors (Lipinski definition) is 2. The Balaban J connectivity index is 1.72. The van der Waals surface area contributed by atoms with E-state index in [0.717, 1.165) is 24.1 Å². The molecule has 1 aromatic heterocycles. The van der Waals surface area contributed by atoms with Gasteiger partial charge in [-0.25, -0.2) is 4.79 Å². The summed E-state index contributed by atoms with van der Waals surface area (Å²) in [5, 5.41) is 2.49. The number of carbonyl (C=O) groups excluding carboxylic acids is 1. The van der Waals surface area contributed by atoms with Crippen LogP contribution in [0.5, 0.6) is 0 Å². The lowest BCUT2D eigenvalue weighted by molar-refractivity contribution is 0.0594. The first kappa shape index (κ1) is 13.8. The maximum Gasteiger partial charge on any atom is 0.354 e. The van der Waals surface area contributed by atoms with Gasteiger partial charge >= 0.3 is 5.97 Å². The molecule has 0 aliphatic heterocycles. The van der Waals surface area contributed by atoms with Crippen molar-refractivity contribution in [2.75, 3.05) is 7.11 Å². The molecule has 1 aliphatic carbocycles. The number of methoxy groups -OCH3 is 1. The van der Waals surface area contributed by atoms with E-state index in [1.807, 2.05) is 6.07 Å². The molecular weight excluding hydrogens is 286 g/mol. The number of aryl methyl sites for hydroxylation is 1. The van der Waals surface area contributed by atoms with Gasteiger partial charge in [-0.1, -0.05) is 42.5 Å². The Bertz CT molecular complexity index is 934. The molecule has 1 heterocycles. The number of fused-ring (bicyclic) bond motifs is 2. The Morgan fingerprint density at radius 1 is 1.09 bits per heavy atom. The Kier molecular flexibility index (Phi) is 3.27. The van der Waals surface area contributed by atoms with Crippen LogP contribution in [0.15, 0.2) is 48.5 Å². The number of esters is 1. The molecular formula is C20H17NO2. The second kappa shape index (κ2) is 5.43. The number of nitrogens with one attached hydrogen (secondary N) is 1. The molecule has 1 N–H and O–H groups in total. The molecule has 0 saturated carbocycles. The number of hydrogen-bond donors (Lipinski definition) is 1. The minimum Gasteiger partial charge on any atom is -0.464 e. The fourth-order valence-electron chi connectivity index (χ4n) is 3.24. The van der Waals surface area contributed by atoms with Gasteiger partial charge in [0.2, 0.25) is 0 Å². The fourth-order valence-corrected chi connectivity index (χ4v) is 3.24. The molecule has 0 unspecified atom stereocenters. The van der Waals surface area contributed by atoms with E-state index >= 15 is 0 Å². The summed E-state index contributed by atoms with van der Waals surface area (Å²) in [6.07, 6.45) is 4.15. The van der Waals surface area contributed by atoms with Crippen LogP contribution in [0.4, 0.5) is 0 Å². The summed E-state index contributed by atoms with van der Waals surface area (Å²) in [7, 11) is 1.40. The monoisotopic (exact) mass is 303 g/mol. The van der Waals surface area contributed by atoms with E-state index in [0.29, 0.717) is 5.69 Å². The predicted molar refractivity (Wildman–Crippen MR) is 92.3 cm³/mol. The molecule has 23 heavy (non-hydrogen) atoms. The second-order valence-corrected chi connectivity index (χ2v) is 5.84. The van der Waals surface area contributed by atoms with Gasteiger partial charge in [-0.2, -0.15) is 0 Å². The van der Waals surface area contributed by atoms with Crippen LogP contribution in [0, 0.1) is 0 Å². The van der Waals surface area contributed by atoms with Crippen LogP contribution in [-0.4, -0.2) is 18.1 Å². The van der Waals surface area contributed by atoms with Gasteiger partial charge in [-0.05, 0) is 52.4 Å². The zero-order valence-electron chi connectivity index (χ0n) is 12.9. The van der Waals surface area contributed by atoms with Crippen LogP contribution >= 0.6 is 0 Å². The number of aromatic nitrogens is 1. The van der Waals surface area contributed by atoms with E-state index in [-0.39, 0.29) is 5.97 Å². The molecule has 3 heteroatoms. The number of carbonyl (C=O) groups is 1. The first-order valence-corrected chi connectivity index (χ1v) is 7.74. The highest BCUT2D eigenvalue weighted by Crippen LogP contribution is 2.34. The molecule has 0 radical (unpaired) electrons. The minimum atomic E-state index is -0.315. The third kappa shape index (κ3) is 2.44. The van der Waals surface area contributed by atoms with E-state index in [2.05, 4.69) is 53.5 Å². The topological polar surface area (TPSA) is 42.1 Å². The Hall–Kier alpha value is -2.81. The maximum atomic E-state index is 11.7. The van der Waals surface area contributed by atoms with Crippen molar-refractivity contribution < 1.29 is 9.53 Å². The van der Waals surface area contributed by atoms with Gasteiger partial charge in [0, 0.05) is 5.69 Å². The molecule has 3 aromatic rings. The molecule has 3 nitrogen and oxygen atoms in total. The lowest BCUT2D eigenvalue weighted by atomic mass is 10.0. The zero-order chi connectivity index (χ0) is 15.8. The first-order valence-electron chi connectivity index (χ1n) is 7.74. The summed E-state index contributed by atoms with van der Waals surface area (Å²) >= 11 is 0. The standard InChI is InChI=1S/C20H17NO2/c1-23-20(22)19-12-17-16(8-9-18(17)21-19)11-13-6-7-14-4-2-3-5-15(14)10-13/h2-7,10-12,21H,8-9H2,1H3/b16-11-. The van der Waals surface area contributed by atoms with Crippen molar-refractivity contribution >= 4 is 28.4 Å². The lowest BCUT2D eigenvalue weighted by Crippen LogP contribution is -2.01. The lowest BCUT2D eigenvalue weighted by Gasteiger charge is -2.02. The molecule has 0 bridgehead atoms. The van der Waals surface area contributed by atoms with E-state index in [1.165, 1.54) is 29.0 Å². The minimum absolute atomic E-state index is 0.315. The normalized spacial score (nSPS) is 15.1. The average molecular weight is 303 g/mol. The van der Waals surface area contributed by atoms with Crippen molar-refractivity contribution in [2.45, 2.75) is 12.8 Å². The van der Waals surface area contributed by atoms with Gasteiger partial charge in [-0.3, -0.25) is 0 Å². The molecule has 0 fully saturated rings. The Labute approximate surface area is 134 Å². The number of ether oxygens (including phenoxy) is 1. The van der Waals surface area contributed by atoms with Crippen LogP contribution in [0.1, 0.15) is 33.7 Å². The molecule has 2 aromatic carbocycles. The smallest absolute Gasteiger partial charge is 0.354 e. The number of rotatable bonds is 2. The first-order chi connectivity index (χ1) is 11.2. The van der Waals surface area contributed by atoms with E-state index in [1.54, 1.807) is 0 Å². The SMILES string of the molecule is COC(=O)c1cc2c([nH]1)CC/C2=C/c1ccc2ccccc2c1. The van der Waals surface area contributed by atoms with Crippen LogP contribution in [0.25, 0.3) is 22.4 Å². The van der Waals surface area contributed by atoms with Crippen LogP contribution < -0.4 is 0 Å². The summed E-state index contributed by atoms with van der Waals surface area (Å²) in [5.41, 5.74) is 5.24. The second-order valence-electron chi connectivity index (χ2n) is 5.84. The number of allylic oxidation sites excluding steroid dienone is 1. The Morgan fingerprint density at radius 3 is 2.74 bits per heavy atom. The third-order valence-corrected chi connectivity index (χ3v) is 4.41. The summed E-state index contributed by atoms with van der Waals surface area (Å²) in [4.78, 5) is 14.8. The number of aromatic amines is 1. The molecule has 0 atom stereocenters. The predicted octanol–water partition coefficient (Wildman–Crippen LogP) is 4.44. The van der Waals surface area contributed by atoms with Crippen molar-refractivity contribution in [1.82, 2.24) is 4.98 Å². The van der Waals surface area contributed by atoms with E-state index in [9.17, 15) is 4.79 Å². The van der Waals surface area contributed by atoms with Gasteiger partial charge in [0.05, 0.1) is 7.11 Å². The van der Waals surface area contributed by atoms with E-state index in [4.69, 9.17) is 4.74 Å². The number of H-pyrrole nitrogens is 1. The quantitative estimate of drug-likeness (QED) is 0.711. The molecule has 1 aliphatic rings. The average Bonchev–Trinajstić information content (AvgIpc) is 3.16.